The first kappa shape index (κ1) is 17.5. The second-order valence-electron chi connectivity index (χ2n) is 7.15. The van der Waals surface area contributed by atoms with E-state index >= 15 is 0 Å². The first-order chi connectivity index (χ1) is 13.9. The summed E-state index contributed by atoms with van der Waals surface area (Å²) < 4.78 is 43.8. The minimum atomic E-state index is -2.67. The van der Waals surface area contributed by atoms with Gasteiger partial charge in [0, 0.05) is 36.1 Å². The van der Waals surface area contributed by atoms with Crippen molar-refractivity contribution in [3.05, 3.63) is 72.4 Å². The predicted octanol–water partition coefficient (Wildman–Crippen LogP) is 5.52. The van der Waals surface area contributed by atoms with Gasteiger partial charge in [-0.25, -0.2) is 27.5 Å². The zero-order valence-electron chi connectivity index (χ0n) is 15.1. The summed E-state index contributed by atoms with van der Waals surface area (Å²) >= 11 is 0. The first-order valence-corrected chi connectivity index (χ1v) is 9.01. The Hall–Kier alpha value is -3.60. The summed E-state index contributed by atoms with van der Waals surface area (Å²) in [7, 11) is 0. The number of pyridine rings is 1. The summed E-state index contributed by atoms with van der Waals surface area (Å²) in [5, 5.41) is 0. The molecule has 0 saturated heterocycles. The lowest BCUT2D eigenvalue weighted by Gasteiger charge is -2.36. The number of benzene rings is 1. The Morgan fingerprint density at radius 1 is 1.03 bits per heavy atom. The maximum Gasteiger partial charge on any atom is 0.254 e. The molecule has 0 atom stereocenters. The summed E-state index contributed by atoms with van der Waals surface area (Å²) in [6.45, 7) is 7.31. The molecule has 1 aromatic carbocycles. The normalized spacial score (nSPS) is 15.9. The van der Waals surface area contributed by atoms with Crippen molar-refractivity contribution in [3.8, 4) is 22.5 Å². The van der Waals surface area contributed by atoms with E-state index in [0.29, 0.717) is 34.0 Å². The maximum absolute atomic E-state index is 13.5. The quantitative estimate of drug-likeness (QED) is 0.430. The van der Waals surface area contributed by atoms with Crippen molar-refractivity contribution in [1.29, 1.82) is 0 Å². The van der Waals surface area contributed by atoms with E-state index in [2.05, 4.69) is 14.8 Å². The topological polar surface area (TPSA) is 39.5 Å². The molecule has 0 aliphatic heterocycles. The predicted molar refractivity (Wildman–Crippen MR) is 101 cm³/mol. The van der Waals surface area contributed by atoms with Crippen LogP contribution in [-0.2, 0) is 0 Å². The van der Waals surface area contributed by atoms with E-state index < -0.39 is 5.92 Å². The van der Waals surface area contributed by atoms with Crippen LogP contribution >= 0.6 is 0 Å². The Morgan fingerprint density at radius 3 is 2.45 bits per heavy atom. The molecule has 1 aliphatic carbocycles. The molecule has 0 amide bonds. The van der Waals surface area contributed by atoms with Gasteiger partial charge in [-0.2, -0.15) is 0 Å². The number of halogens is 3. The molecule has 8 heteroatoms. The minimum Gasteiger partial charge on any atom is -0.362 e. The number of rotatable bonds is 3. The molecule has 1 fully saturated rings. The van der Waals surface area contributed by atoms with Crippen LogP contribution in [0.25, 0.3) is 33.0 Å². The van der Waals surface area contributed by atoms with Crippen LogP contribution in [0.5, 0.6) is 0 Å². The van der Waals surface area contributed by atoms with E-state index in [1.165, 1.54) is 18.3 Å². The lowest BCUT2D eigenvalue weighted by atomic mass is 9.87. The van der Waals surface area contributed by atoms with E-state index in [-0.39, 0.29) is 24.7 Å². The molecule has 5 rings (SSSR count). The van der Waals surface area contributed by atoms with Crippen molar-refractivity contribution in [2.45, 2.75) is 24.8 Å². The fraction of sp³-hybridized carbons (Fsp3) is 0.190. The molecule has 0 N–H and O–H groups in total. The van der Waals surface area contributed by atoms with Gasteiger partial charge in [-0.05, 0) is 30.3 Å². The number of fused-ring (bicyclic) bond motifs is 1. The van der Waals surface area contributed by atoms with Gasteiger partial charge < -0.3 is 9.41 Å². The molecule has 3 aromatic heterocycles. The summed E-state index contributed by atoms with van der Waals surface area (Å²) in [5.74, 6) is -2.69. The van der Waals surface area contributed by atoms with E-state index in [1.807, 2.05) is 6.07 Å². The number of nitrogens with zero attached hydrogens (tertiary/aromatic N) is 5. The SMILES string of the molecule is [C-]#[N+]c1cnc2ccc(-c3c(-c4ccc(F)cc4)ncn3C3CC(F)(F)C3)cn12. The van der Waals surface area contributed by atoms with Crippen LogP contribution in [0.4, 0.5) is 19.0 Å². The Balaban J connectivity index is 1.70. The van der Waals surface area contributed by atoms with Crippen molar-refractivity contribution in [2.24, 2.45) is 0 Å². The Labute approximate surface area is 163 Å². The molecule has 144 valence electrons. The fourth-order valence-electron chi connectivity index (χ4n) is 3.76. The molecular formula is C21H14F3N5. The number of aromatic nitrogens is 4. The molecule has 1 saturated carbocycles. The highest BCUT2D eigenvalue weighted by molar-refractivity contribution is 5.79. The zero-order valence-corrected chi connectivity index (χ0v) is 15.1. The zero-order chi connectivity index (χ0) is 20.2. The van der Waals surface area contributed by atoms with Crippen LogP contribution in [0.2, 0.25) is 0 Å². The lowest BCUT2D eigenvalue weighted by molar-refractivity contribution is -0.103. The first-order valence-electron chi connectivity index (χ1n) is 9.01. The average molecular weight is 393 g/mol. The smallest absolute Gasteiger partial charge is 0.254 e. The van der Waals surface area contributed by atoms with Crippen LogP contribution < -0.4 is 0 Å². The lowest BCUT2D eigenvalue weighted by Crippen LogP contribution is -2.37. The van der Waals surface area contributed by atoms with Gasteiger partial charge in [0.1, 0.15) is 5.82 Å². The minimum absolute atomic E-state index is 0.250. The third-order valence-corrected chi connectivity index (χ3v) is 5.25. The molecule has 5 nitrogen and oxygen atoms in total. The van der Waals surface area contributed by atoms with Crippen LogP contribution in [0.15, 0.2) is 55.1 Å². The third-order valence-electron chi connectivity index (χ3n) is 5.25. The van der Waals surface area contributed by atoms with Crippen LogP contribution in [0, 0.1) is 12.4 Å². The molecule has 4 aromatic rings. The number of imidazole rings is 2. The van der Waals surface area contributed by atoms with Gasteiger partial charge in [-0.1, -0.05) is 6.57 Å². The Morgan fingerprint density at radius 2 is 1.76 bits per heavy atom. The summed E-state index contributed by atoms with van der Waals surface area (Å²) in [6.07, 6.45) is 4.30. The van der Waals surface area contributed by atoms with Gasteiger partial charge in [-0.15, -0.1) is 0 Å². The van der Waals surface area contributed by atoms with Gasteiger partial charge in [-0.3, -0.25) is 0 Å². The van der Waals surface area contributed by atoms with E-state index in [4.69, 9.17) is 6.57 Å². The largest absolute Gasteiger partial charge is 0.362 e. The molecule has 0 unspecified atom stereocenters. The summed E-state index contributed by atoms with van der Waals surface area (Å²) in [4.78, 5) is 12.1. The third kappa shape index (κ3) is 2.86. The van der Waals surface area contributed by atoms with Gasteiger partial charge in [0.2, 0.25) is 5.65 Å². The maximum atomic E-state index is 13.5. The average Bonchev–Trinajstić information content (AvgIpc) is 3.30. The van der Waals surface area contributed by atoms with Gasteiger partial charge in [0.25, 0.3) is 11.7 Å². The van der Waals surface area contributed by atoms with Crippen molar-refractivity contribution in [1.82, 2.24) is 18.9 Å². The number of hydrogen-bond acceptors (Lipinski definition) is 2. The molecule has 0 radical (unpaired) electrons. The van der Waals surface area contributed by atoms with Crippen LogP contribution in [0.3, 0.4) is 0 Å². The van der Waals surface area contributed by atoms with Gasteiger partial charge in [0.15, 0.2) is 0 Å². The van der Waals surface area contributed by atoms with Crippen LogP contribution in [-0.4, -0.2) is 24.9 Å². The second-order valence-corrected chi connectivity index (χ2v) is 7.15. The Kier molecular flexibility index (Phi) is 3.74. The second kappa shape index (κ2) is 6.21. The number of alkyl halides is 2. The highest BCUT2D eigenvalue weighted by atomic mass is 19.3. The van der Waals surface area contributed by atoms with E-state index in [1.54, 1.807) is 39.7 Å². The summed E-state index contributed by atoms with van der Waals surface area (Å²) in [5.41, 5.74) is 3.24. The van der Waals surface area contributed by atoms with E-state index in [0.717, 1.165) is 0 Å². The van der Waals surface area contributed by atoms with Crippen molar-refractivity contribution in [2.75, 3.05) is 0 Å². The molecule has 0 bridgehead atoms. The highest BCUT2D eigenvalue weighted by Crippen LogP contribution is 2.48. The summed E-state index contributed by atoms with van der Waals surface area (Å²) in [6, 6.07) is 9.12. The van der Waals surface area contributed by atoms with Crippen LogP contribution in [0.1, 0.15) is 18.9 Å². The molecule has 0 spiro atoms. The fourth-order valence-corrected chi connectivity index (χ4v) is 3.76. The van der Waals surface area contributed by atoms with Gasteiger partial charge in [0.05, 0.1) is 30.1 Å². The van der Waals surface area contributed by atoms with Crippen molar-refractivity contribution >= 4 is 11.5 Å². The molecule has 1 aliphatic rings. The number of hydrogen-bond donors (Lipinski definition) is 0. The molecule has 29 heavy (non-hydrogen) atoms. The van der Waals surface area contributed by atoms with E-state index in [9.17, 15) is 13.2 Å². The standard InChI is InChI=1S/C21H14F3N5/c1-25-18-10-26-17-7-4-14(11-28(17)18)20-19(13-2-5-15(22)6-3-13)27-12-29(20)16-8-21(23,24)9-16/h2-7,10-12,16H,8-9H2. The van der Waals surface area contributed by atoms with Crippen molar-refractivity contribution < 1.29 is 13.2 Å². The highest BCUT2D eigenvalue weighted by Gasteiger charge is 2.47. The molecule has 3 heterocycles. The molecular weight excluding hydrogens is 379 g/mol. The Bertz CT molecular complexity index is 1260. The van der Waals surface area contributed by atoms with Gasteiger partial charge >= 0.3 is 0 Å². The van der Waals surface area contributed by atoms with Crippen molar-refractivity contribution in [3.63, 3.8) is 0 Å². The monoisotopic (exact) mass is 393 g/mol.